The largest absolute Gasteiger partial charge is 0.389 e. The standard InChI is InChI=1S/C11H14FN5O2S/c1-2-4-6(18)7(20)10(19-4)17-3-14-5-8(13)15-11(12)16-9(5)17/h3-4,6-7,10,18,20H,2H2,1H3,(H2,13,15,16)/t4-,6-,7-,10-/m1/s1. The van der Waals surface area contributed by atoms with E-state index in [1.807, 2.05) is 6.92 Å². The quantitative estimate of drug-likeness (QED) is 0.552. The summed E-state index contributed by atoms with van der Waals surface area (Å²) in [5.41, 5.74) is 6.13. The Morgan fingerprint density at radius 1 is 1.55 bits per heavy atom. The van der Waals surface area contributed by atoms with Crippen LogP contribution in [0.15, 0.2) is 6.33 Å². The van der Waals surface area contributed by atoms with Gasteiger partial charge in [-0.2, -0.15) is 27.0 Å². The van der Waals surface area contributed by atoms with Crippen LogP contribution in [0.4, 0.5) is 10.2 Å². The van der Waals surface area contributed by atoms with Crippen molar-refractivity contribution in [3.63, 3.8) is 0 Å². The van der Waals surface area contributed by atoms with Crippen LogP contribution >= 0.6 is 12.6 Å². The van der Waals surface area contributed by atoms with Gasteiger partial charge in [-0.05, 0) is 6.42 Å². The number of hydrogen-bond acceptors (Lipinski definition) is 7. The molecule has 2 aromatic rings. The number of nitrogens with two attached hydrogens (primary N) is 1. The maximum absolute atomic E-state index is 13.3. The lowest BCUT2D eigenvalue weighted by Crippen LogP contribution is -2.27. The number of rotatable bonds is 2. The van der Waals surface area contributed by atoms with Crippen molar-refractivity contribution in [1.29, 1.82) is 0 Å². The van der Waals surface area contributed by atoms with E-state index in [4.69, 9.17) is 10.5 Å². The molecule has 7 nitrogen and oxygen atoms in total. The molecule has 0 bridgehead atoms. The maximum Gasteiger partial charge on any atom is 0.312 e. The number of anilines is 1. The number of halogens is 1. The van der Waals surface area contributed by atoms with Crippen molar-refractivity contribution in [3.05, 3.63) is 12.4 Å². The Labute approximate surface area is 119 Å². The fourth-order valence-electron chi connectivity index (χ4n) is 2.39. The van der Waals surface area contributed by atoms with Gasteiger partial charge in [0.2, 0.25) is 0 Å². The van der Waals surface area contributed by atoms with Crippen molar-refractivity contribution >= 4 is 29.6 Å². The zero-order chi connectivity index (χ0) is 14.4. The molecule has 20 heavy (non-hydrogen) atoms. The Hall–Kier alpha value is -1.45. The normalized spacial score (nSPS) is 30.2. The van der Waals surface area contributed by atoms with Crippen LogP contribution < -0.4 is 5.73 Å². The summed E-state index contributed by atoms with van der Waals surface area (Å²) in [7, 11) is 0. The van der Waals surface area contributed by atoms with E-state index in [1.165, 1.54) is 10.9 Å². The zero-order valence-electron chi connectivity index (χ0n) is 10.6. The second-order valence-electron chi connectivity index (χ2n) is 4.66. The minimum absolute atomic E-state index is 0.0347. The van der Waals surface area contributed by atoms with Crippen molar-refractivity contribution in [1.82, 2.24) is 19.5 Å². The number of aromatic nitrogens is 4. The Bertz CT molecular complexity index is 651. The van der Waals surface area contributed by atoms with Gasteiger partial charge in [0.1, 0.15) is 0 Å². The molecular formula is C11H14FN5O2S. The highest BCUT2D eigenvalue weighted by atomic mass is 32.1. The average molecular weight is 299 g/mol. The van der Waals surface area contributed by atoms with E-state index < -0.39 is 23.7 Å². The van der Waals surface area contributed by atoms with Crippen molar-refractivity contribution in [2.75, 3.05) is 5.73 Å². The highest BCUT2D eigenvalue weighted by Crippen LogP contribution is 2.36. The summed E-state index contributed by atoms with van der Waals surface area (Å²) in [5.74, 6) is -0.0347. The smallest absolute Gasteiger partial charge is 0.312 e. The molecule has 3 heterocycles. The van der Waals surface area contributed by atoms with E-state index in [0.29, 0.717) is 11.9 Å². The molecule has 0 amide bonds. The fourth-order valence-corrected chi connectivity index (χ4v) is 2.80. The van der Waals surface area contributed by atoms with Crippen molar-refractivity contribution in [3.8, 4) is 0 Å². The highest BCUT2D eigenvalue weighted by Gasteiger charge is 2.42. The van der Waals surface area contributed by atoms with Crippen molar-refractivity contribution in [2.45, 2.75) is 37.0 Å². The SMILES string of the molecule is CC[C@H]1O[C@@H](n2cnc3c(N)nc(F)nc32)[C@H](S)[C@@H]1O. The first-order valence-electron chi connectivity index (χ1n) is 6.20. The topological polar surface area (TPSA) is 99.1 Å². The second kappa shape index (κ2) is 4.83. The Morgan fingerprint density at radius 2 is 2.30 bits per heavy atom. The molecule has 0 aromatic carbocycles. The monoisotopic (exact) mass is 299 g/mol. The van der Waals surface area contributed by atoms with Crippen LogP contribution in [0, 0.1) is 6.08 Å². The summed E-state index contributed by atoms with van der Waals surface area (Å²) >= 11 is 4.37. The third-order valence-electron chi connectivity index (χ3n) is 3.43. The van der Waals surface area contributed by atoms with E-state index in [9.17, 15) is 9.50 Å². The number of aliphatic hydroxyl groups is 1. The van der Waals surface area contributed by atoms with Gasteiger partial charge in [0.25, 0.3) is 0 Å². The van der Waals surface area contributed by atoms with Crippen LogP contribution in [-0.4, -0.2) is 42.1 Å². The minimum Gasteiger partial charge on any atom is -0.389 e. The van der Waals surface area contributed by atoms with E-state index in [1.54, 1.807) is 0 Å². The predicted molar refractivity (Wildman–Crippen MR) is 72.7 cm³/mol. The zero-order valence-corrected chi connectivity index (χ0v) is 11.5. The molecule has 1 saturated heterocycles. The molecule has 4 atom stereocenters. The van der Waals surface area contributed by atoms with Gasteiger partial charge in [0, 0.05) is 0 Å². The van der Waals surface area contributed by atoms with E-state index in [-0.39, 0.29) is 17.6 Å². The van der Waals surface area contributed by atoms with Crippen molar-refractivity contribution < 1.29 is 14.2 Å². The fraction of sp³-hybridized carbons (Fsp3) is 0.545. The van der Waals surface area contributed by atoms with Crippen LogP contribution in [-0.2, 0) is 4.74 Å². The van der Waals surface area contributed by atoms with Crippen LogP contribution in [0.25, 0.3) is 11.2 Å². The molecule has 1 fully saturated rings. The molecule has 1 aliphatic rings. The number of imidazole rings is 1. The molecule has 0 aliphatic carbocycles. The Kier molecular flexibility index (Phi) is 3.27. The van der Waals surface area contributed by atoms with Gasteiger partial charge in [-0.25, -0.2) is 4.98 Å². The van der Waals surface area contributed by atoms with Gasteiger partial charge in [0.05, 0.1) is 23.8 Å². The second-order valence-corrected chi connectivity index (χ2v) is 5.25. The maximum atomic E-state index is 13.3. The first-order chi connectivity index (χ1) is 9.52. The molecule has 9 heteroatoms. The number of aliphatic hydroxyl groups excluding tert-OH is 1. The Balaban J connectivity index is 2.07. The lowest BCUT2D eigenvalue weighted by molar-refractivity contribution is -0.0180. The summed E-state index contributed by atoms with van der Waals surface area (Å²) < 4.78 is 20.6. The van der Waals surface area contributed by atoms with Gasteiger partial charge in [-0.3, -0.25) is 4.57 Å². The number of hydrogen-bond donors (Lipinski definition) is 3. The van der Waals surface area contributed by atoms with Crippen LogP contribution in [0.3, 0.4) is 0 Å². The molecule has 1 aliphatic heterocycles. The van der Waals surface area contributed by atoms with Crippen LogP contribution in [0.2, 0.25) is 0 Å². The lowest BCUT2D eigenvalue weighted by atomic mass is 10.1. The van der Waals surface area contributed by atoms with Gasteiger partial charge in [-0.15, -0.1) is 0 Å². The van der Waals surface area contributed by atoms with Gasteiger partial charge in [-0.1, -0.05) is 6.92 Å². The first-order valence-corrected chi connectivity index (χ1v) is 6.71. The van der Waals surface area contributed by atoms with Gasteiger partial charge < -0.3 is 15.6 Å². The summed E-state index contributed by atoms with van der Waals surface area (Å²) in [6.45, 7) is 1.91. The molecule has 2 aromatic heterocycles. The molecule has 3 N–H and O–H groups in total. The van der Waals surface area contributed by atoms with Crippen molar-refractivity contribution in [2.24, 2.45) is 0 Å². The molecule has 3 rings (SSSR count). The summed E-state index contributed by atoms with van der Waals surface area (Å²) in [6, 6.07) is 0. The first kappa shape index (κ1) is 13.5. The predicted octanol–water partition coefficient (Wildman–Crippen LogP) is 0.514. The van der Waals surface area contributed by atoms with Crippen LogP contribution in [0.1, 0.15) is 19.6 Å². The number of thiol groups is 1. The van der Waals surface area contributed by atoms with E-state index >= 15 is 0 Å². The summed E-state index contributed by atoms with van der Waals surface area (Å²) in [4.78, 5) is 11.2. The van der Waals surface area contributed by atoms with E-state index in [0.717, 1.165) is 0 Å². The number of fused-ring (bicyclic) bond motifs is 1. The minimum atomic E-state index is -0.932. The number of nitrogens with zero attached hydrogens (tertiary/aromatic N) is 4. The number of nitrogen functional groups attached to an aromatic ring is 1. The third-order valence-corrected chi connectivity index (χ3v) is 4.00. The molecular weight excluding hydrogens is 285 g/mol. The average Bonchev–Trinajstić information content (AvgIpc) is 2.93. The summed E-state index contributed by atoms with van der Waals surface area (Å²) in [6.07, 6.45) is -0.477. The van der Waals surface area contributed by atoms with Gasteiger partial charge >= 0.3 is 6.08 Å². The third kappa shape index (κ3) is 1.93. The molecule has 108 valence electrons. The highest BCUT2D eigenvalue weighted by molar-refractivity contribution is 7.81. The van der Waals surface area contributed by atoms with E-state index in [2.05, 4.69) is 27.6 Å². The molecule has 0 radical (unpaired) electrons. The van der Waals surface area contributed by atoms with Crippen LogP contribution in [0.5, 0.6) is 0 Å². The lowest BCUT2D eigenvalue weighted by Gasteiger charge is -2.16. The van der Waals surface area contributed by atoms with Gasteiger partial charge in [0.15, 0.2) is 23.2 Å². The molecule has 0 saturated carbocycles. The molecule has 0 unspecified atom stereocenters. The summed E-state index contributed by atoms with van der Waals surface area (Å²) in [5, 5.41) is 9.58. The molecule has 0 spiro atoms. The Morgan fingerprint density at radius 3 is 2.95 bits per heavy atom. The number of ether oxygens (including phenoxy) is 1.